The summed E-state index contributed by atoms with van der Waals surface area (Å²) in [6.45, 7) is 2.58. The number of halogens is 2. The van der Waals surface area contributed by atoms with Crippen molar-refractivity contribution in [2.75, 3.05) is 0 Å². The maximum atomic E-state index is 12.2. The normalized spacial score (nSPS) is 12.5. The van der Waals surface area contributed by atoms with Crippen LogP contribution in [0.5, 0.6) is 0 Å². The monoisotopic (exact) mass is 190 g/mol. The summed E-state index contributed by atoms with van der Waals surface area (Å²) in [6.07, 6.45) is 2.47. The number of hydrogen-bond acceptors (Lipinski definition) is 1. The van der Waals surface area contributed by atoms with E-state index in [-0.39, 0.29) is 0 Å². The molecule has 0 saturated heterocycles. The van der Waals surface area contributed by atoms with Gasteiger partial charge in [0.15, 0.2) is 0 Å². The van der Waals surface area contributed by atoms with Crippen LogP contribution in [0.3, 0.4) is 0 Å². The predicted octanol–water partition coefficient (Wildman–Crippen LogP) is 1.80. The molecule has 0 aliphatic rings. The van der Waals surface area contributed by atoms with Crippen molar-refractivity contribution in [2.24, 2.45) is 0 Å². The zero-order chi connectivity index (χ0) is 10.2. The highest BCUT2D eigenvalue weighted by Gasteiger charge is 2.19. The van der Waals surface area contributed by atoms with Gasteiger partial charge in [0.05, 0.1) is 0 Å². The number of rotatable bonds is 1. The van der Waals surface area contributed by atoms with Gasteiger partial charge in [-0.15, -0.1) is 0 Å². The van der Waals surface area contributed by atoms with Crippen LogP contribution in [0.25, 0.3) is 0 Å². The second-order valence-electron chi connectivity index (χ2n) is 3.81. The highest BCUT2D eigenvalue weighted by atomic mass is 19.3. The molecule has 0 aromatic carbocycles. The van der Waals surface area contributed by atoms with Gasteiger partial charge in [-0.3, -0.25) is 4.57 Å². The Hall–Kier alpha value is -1.13. The number of alkyl halides is 2. The Morgan fingerprint density at radius 1 is 1.31 bits per heavy atom. The first-order chi connectivity index (χ1) is 5.84. The first-order valence-corrected chi connectivity index (χ1v) is 3.92. The van der Waals surface area contributed by atoms with E-state index >= 15 is 0 Å². The Morgan fingerprint density at radius 2 is 1.85 bits per heavy atom. The molecule has 1 heterocycles. The molecule has 5 heteroatoms. The van der Waals surface area contributed by atoms with Crippen LogP contribution in [-0.2, 0) is 5.54 Å². The van der Waals surface area contributed by atoms with Crippen LogP contribution in [-0.4, -0.2) is 9.13 Å². The summed E-state index contributed by atoms with van der Waals surface area (Å²) in [5, 5.41) is 0. The SMILES string of the molecule is CC(C)(C)n1ccn(C(F)F)c1=O. The summed E-state index contributed by atoms with van der Waals surface area (Å²) >= 11 is 0. The van der Waals surface area contributed by atoms with Crippen LogP contribution >= 0.6 is 0 Å². The van der Waals surface area contributed by atoms with Crippen molar-refractivity contribution in [3.63, 3.8) is 0 Å². The quantitative estimate of drug-likeness (QED) is 0.663. The summed E-state index contributed by atoms with van der Waals surface area (Å²) in [5.74, 6) is 0. The zero-order valence-corrected chi connectivity index (χ0v) is 7.79. The number of nitrogens with zero attached hydrogens (tertiary/aromatic N) is 2. The van der Waals surface area contributed by atoms with Gasteiger partial charge in [-0.2, -0.15) is 8.78 Å². The summed E-state index contributed by atoms with van der Waals surface area (Å²) in [6, 6.07) is 0. The van der Waals surface area contributed by atoms with Crippen LogP contribution in [0, 0.1) is 0 Å². The second kappa shape index (κ2) is 2.97. The van der Waals surface area contributed by atoms with Gasteiger partial charge in [-0.05, 0) is 20.8 Å². The molecular weight excluding hydrogens is 178 g/mol. The molecule has 0 fully saturated rings. The molecule has 1 aromatic heterocycles. The molecule has 0 saturated carbocycles. The van der Waals surface area contributed by atoms with E-state index in [9.17, 15) is 13.6 Å². The number of imidazole rings is 1. The molecule has 0 bridgehead atoms. The smallest absolute Gasteiger partial charge is 0.294 e. The fraction of sp³-hybridized carbons (Fsp3) is 0.625. The minimum atomic E-state index is -2.77. The Balaban J connectivity index is 3.23. The first-order valence-electron chi connectivity index (χ1n) is 3.92. The van der Waals surface area contributed by atoms with Crippen molar-refractivity contribution in [2.45, 2.75) is 32.9 Å². The fourth-order valence-electron chi connectivity index (χ4n) is 1.05. The molecule has 0 N–H and O–H groups in total. The van der Waals surface area contributed by atoms with Gasteiger partial charge in [0.25, 0.3) is 0 Å². The predicted molar refractivity (Wildman–Crippen MR) is 44.9 cm³/mol. The Morgan fingerprint density at radius 3 is 2.08 bits per heavy atom. The minimum Gasteiger partial charge on any atom is -0.294 e. The zero-order valence-electron chi connectivity index (χ0n) is 7.79. The standard InChI is InChI=1S/C8H12F2N2O/c1-8(2,3)12-5-4-11(6(9)10)7(12)13/h4-6H,1-3H3. The van der Waals surface area contributed by atoms with Gasteiger partial charge in [-0.1, -0.05) is 0 Å². The molecule has 0 atom stereocenters. The third kappa shape index (κ3) is 1.79. The molecule has 1 aromatic rings. The topological polar surface area (TPSA) is 26.9 Å². The van der Waals surface area contributed by atoms with Gasteiger partial charge in [0, 0.05) is 17.9 Å². The lowest BCUT2D eigenvalue weighted by atomic mass is 10.1. The van der Waals surface area contributed by atoms with E-state index in [1.165, 1.54) is 10.8 Å². The van der Waals surface area contributed by atoms with Crippen LogP contribution in [0.15, 0.2) is 17.2 Å². The van der Waals surface area contributed by atoms with E-state index < -0.39 is 17.8 Å². The highest BCUT2D eigenvalue weighted by molar-refractivity contribution is 4.88. The fourth-order valence-corrected chi connectivity index (χ4v) is 1.05. The summed E-state index contributed by atoms with van der Waals surface area (Å²) in [7, 11) is 0. The largest absolute Gasteiger partial charge is 0.333 e. The van der Waals surface area contributed by atoms with Crippen molar-refractivity contribution >= 4 is 0 Å². The van der Waals surface area contributed by atoms with Crippen LogP contribution in [0.4, 0.5) is 8.78 Å². The minimum absolute atomic E-state index is 0.408. The van der Waals surface area contributed by atoms with E-state index in [2.05, 4.69) is 0 Å². The third-order valence-corrected chi connectivity index (χ3v) is 1.74. The first kappa shape index (κ1) is 9.95. The molecular formula is C8H12F2N2O. The average Bonchev–Trinajstić information content (AvgIpc) is 2.28. The molecule has 0 aliphatic heterocycles. The van der Waals surface area contributed by atoms with E-state index in [1.54, 1.807) is 20.8 Å². The van der Waals surface area contributed by atoms with E-state index in [0.29, 0.717) is 4.57 Å². The van der Waals surface area contributed by atoms with Gasteiger partial charge < -0.3 is 0 Å². The molecule has 0 aliphatic carbocycles. The Bertz CT molecular complexity index is 346. The van der Waals surface area contributed by atoms with Crippen LogP contribution in [0.2, 0.25) is 0 Å². The third-order valence-electron chi connectivity index (χ3n) is 1.74. The number of hydrogen-bond donors (Lipinski definition) is 0. The van der Waals surface area contributed by atoms with Crippen LogP contribution < -0.4 is 5.69 Å². The van der Waals surface area contributed by atoms with Gasteiger partial charge in [0.2, 0.25) is 0 Å². The molecule has 13 heavy (non-hydrogen) atoms. The second-order valence-corrected chi connectivity index (χ2v) is 3.81. The summed E-state index contributed by atoms with van der Waals surface area (Å²) < 4.78 is 26.0. The highest BCUT2D eigenvalue weighted by Crippen LogP contribution is 2.12. The lowest BCUT2D eigenvalue weighted by Gasteiger charge is -2.19. The molecule has 1 rings (SSSR count). The lowest BCUT2D eigenvalue weighted by Crippen LogP contribution is -2.34. The Kier molecular flexibility index (Phi) is 2.28. The molecule has 74 valence electrons. The summed E-state index contributed by atoms with van der Waals surface area (Å²) in [4.78, 5) is 11.3. The van der Waals surface area contributed by atoms with Gasteiger partial charge >= 0.3 is 12.2 Å². The van der Waals surface area contributed by atoms with E-state index in [4.69, 9.17) is 0 Å². The van der Waals surface area contributed by atoms with Gasteiger partial charge in [-0.25, -0.2) is 9.36 Å². The number of aromatic nitrogens is 2. The van der Waals surface area contributed by atoms with Crippen LogP contribution in [0.1, 0.15) is 27.3 Å². The van der Waals surface area contributed by atoms with Gasteiger partial charge in [0.1, 0.15) is 0 Å². The average molecular weight is 190 g/mol. The van der Waals surface area contributed by atoms with Crippen molar-refractivity contribution in [1.82, 2.24) is 9.13 Å². The maximum absolute atomic E-state index is 12.2. The molecule has 0 radical (unpaired) electrons. The molecule has 0 unspecified atom stereocenters. The van der Waals surface area contributed by atoms with Crippen molar-refractivity contribution in [1.29, 1.82) is 0 Å². The molecule has 3 nitrogen and oxygen atoms in total. The van der Waals surface area contributed by atoms with Crippen molar-refractivity contribution < 1.29 is 8.78 Å². The van der Waals surface area contributed by atoms with E-state index in [1.807, 2.05) is 0 Å². The Labute approximate surface area is 74.6 Å². The van der Waals surface area contributed by atoms with Crippen molar-refractivity contribution in [3.05, 3.63) is 22.9 Å². The van der Waals surface area contributed by atoms with E-state index in [0.717, 1.165) is 6.20 Å². The lowest BCUT2D eigenvalue weighted by molar-refractivity contribution is 0.0651. The van der Waals surface area contributed by atoms with Crippen molar-refractivity contribution in [3.8, 4) is 0 Å². The molecule has 0 spiro atoms. The molecule has 0 amide bonds. The maximum Gasteiger partial charge on any atom is 0.333 e. The summed E-state index contributed by atoms with van der Waals surface area (Å²) in [5.41, 5.74) is -1.14.